The number of rotatable bonds is 6. The fourth-order valence-electron chi connectivity index (χ4n) is 1.80. The van der Waals surface area contributed by atoms with Gasteiger partial charge in [-0.05, 0) is 12.8 Å². The Kier molecular flexibility index (Phi) is 4.94. The number of ether oxygens (including phenoxy) is 1. The summed E-state index contributed by atoms with van der Waals surface area (Å²) < 4.78 is 5.04. The predicted molar refractivity (Wildman–Crippen MR) is 53.9 cm³/mol. The average molecular weight is 200 g/mol. The van der Waals surface area contributed by atoms with Gasteiger partial charge in [-0.3, -0.25) is 4.79 Å². The minimum Gasteiger partial charge on any atom is -0.462 e. The fraction of sp³-hybridized carbons (Fsp3) is 0.909. The summed E-state index contributed by atoms with van der Waals surface area (Å²) in [5.74, 6) is -0.115. The van der Waals surface area contributed by atoms with Crippen molar-refractivity contribution in [1.29, 1.82) is 0 Å². The highest BCUT2D eigenvalue weighted by molar-refractivity contribution is 5.71. The second kappa shape index (κ2) is 6.02. The predicted octanol–water partition coefficient (Wildman–Crippen LogP) is 2.02. The van der Waals surface area contributed by atoms with Crippen LogP contribution in [0.2, 0.25) is 0 Å². The van der Waals surface area contributed by atoms with Gasteiger partial charge in [0, 0.05) is 12.8 Å². The number of unbranched alkanes of at least 4 members (excludes halogenated alkanes) is 2. The molecule has 0 aromatic rings. The third kappa shape index (κ3) is 4.09. The van der Waals surface area contributed by atoms with Gasteiger partial charge < -0.3 is 9.84 Å². The van der Waals surface area contributed by atoms with Crippen LogP contribution in [-0.2, 0) is 9.53 Å². The molecular formula is C11H20O3. The molecule has 0 spiro atoms. The third-order valence-corrected chi connectivity index (χ3v) is 2.64. The smallest absolute Gasteiger partial charge is 0.306 e. The minimum atomic E-state index is -0.294. The first kappa shape index (κ1) is 11.5. The third-order valence-electron chi connectivity index (χ3n) is 2.64. The van der Waals surface area contributed by atoms with Crippen molar-refractivity contribution in [1.82, 2.24) is 0 Å². The van der Waals surface area contributed by atoms with Gasteiger partial charge in [-0.1, -0.05) is 26.2 Å². The Bertz CT molecular complexity index is 179. The lowest BCUT2D eigenvalue weighted by Gasteiger charge is -2.14. The number of esters is 1. The van der Waals surface area contributed by atoms with E-state index in [2.05, 4.69) is 6.92 Å². The monoisotopic (exact) mass is 200 g/mol. The first-order chi connectivity index (χ1) is 6.72. The van der Waals surface area contributed by atoms with Crippen LogP contribution in [0.5, 0.6) is 0 Å². The maximum atomic E-state index is 10.8. The molecule has 2 unspecified atom stereocenters. The van der Waals surface area contributed by atoms with E-state index in [0.29, 0.717) is 12.8 Å². The number of cyclic esters (lactones) is 1. The first-order valence-electron chi connectivity index (χ1n) is 5.60. The topological polar surface area (TPSA) is 46.5 Å². The van der Waals surface area contributed by atoms with Crippen LogP contribution in [0, 0.1) is 0 Å². The molecule has 82 valence electrons. The second-order valence-corrected chi connectivity index (χ2v) is 4.04. The number of aliphatic hydroxyl groups excluding tert-OH is 1. The summed E-state index contributed by atoms with van der Waals surface area (Å²) in [6, 6.07) is 0. The van der Waals surface area contributed by atoms with E-state index in [0.717, 1.165) is 19.3 Å². The van der Waals surface area contributed by atoms with Crippen molar-refractivity contribution >= 4 is 5.97 Å². The van der Waals surface area contributed by atoms with Gasteiger partial charge in [0.2, 0.25) is 0 Å². The lowest BCUT2D eigenvalue weighted by molar-refractivity contribution is -0.142. The molecule has 2 atom stereocenters. The SMILES string of the molecule is CCCCCC(O)CC1CCC(=O)O1. The summed E-state index contributed by atoms with van der Waals surface area (Å²) in [5, 5.41) is 9.63. The van der Waals surface area contributed by atoms with Gasteiger partial charge in [-0.15, -0.1) is 0 Å². The van der Waals surface area contributed by atoms with E-state index < -0.39 is 0 Å². The molecule has 1 N–H and O–H groups in total. The highest BCUT2D eigenvalue weighted by atomic mass is 16.5. The molecule has 0 saturated carbocycles. The van der Waals surface area contributed by atoms with E-state index in [1.54, 1.807) is 0 Å². The van der Waals surface area contributed by atoms with Crippen LogP contribution in [0.25, 0.3) is 0 Å². The Morgan fingerprint density at radius 1 is 1.57 bits per heavy atom. The molecule has 14 heavy (non-hydrogen) atoms. The molecule has 0 aliphatic carbocycles. The van der Waals surface area contributed by atoms with Crippen molar-refractivity contribution in [3.05, 3.63) is 0 Å². The first-order valence-corrected chi connectivity index (χ1v) is 5.60. The van der Waals surface area contributed by atoms with Crippen LogP contribution in [0.4, 0.5) is 0 Å². The Balaban J connectivity index is 2.07. The summed E-state index contributed by atoms with van der Waals surface area (Å²) in [5.41, 5.74) is 0. The largest absolute Gasteiger partial charge is 0.462 e. The van der Waals surface area contributed by atoms with Crippen molar-refractivity contribution < 1.29 is 14.6 Å². The number of aliphatic hydroxyl groups is 1. The van der Waals surface area contributed by atoms with Crippen LogP contribution < -0.4 is 0 Å². The van der Waals surface area contributed by atoms with Gasteiger partial charge in [0.1, 0.15) is 6.10 Å². The van der Waals surface area contributed by atoms with Gasteiger partial charge in [0.25, 0.3) is 0 Å². The van der Waals surface area contributed by atoms with Crippen molar-refractivity contribution in [3.8, 4) is 0 Å². The number of hydrogen-bond acceptors (Lipinski definition) is 3. The zero-order chi connectivity index (χ0) is 10.4. The van der Waals surface area contributed by atoms with Crippen LogP contribution in [0.15, 0.2) is 0 Å². The van der Waals surface area contributed by atoms with E-state index in [9.17, 15) is 9.90 Å². The van der Waals surface area contributed by atoms with Crippen LogP contribution in [0.1, 0.15) is 51.9 Å². The fourth-order valence-corrected chi connectivity index (χ4v) is 1.80. The molecule has 3 heteroatoms. The van der Waals surface area contributed by atoms with Gasteiger partial charge in [-0.2, -0.15) is 0 Å². The maximum absolute atomic E-state index is 10.8. The number of carbonyl (C=O) groups excluding carboxylic acids is 1. The normalized spacial score (nSPS) is 23.6. The average Bonchev–Trinajstić information content (AvgIpc) is 2.52. The van der Waals surface area contributed by atoms with Crippen molar-refractivity contribution in [2.75, 3.05) is 0 Å². The lowest BCUT2D eigenvalue weighted by Crippen LogP contribution is -2.17. The van der Waals surface area contributed by atoms with Gasteiger partial charge in [0.05, 0.1) is 6.10 Å². The Hall–Kier alpha value is -0.570. The number of hydrogen-bond donors (Lipinski definition) is 1. The van der Waals surface area contributed by atoms with E-state index in [1.807, 2.05) is 0 Å². The van der Waals surface area contributed by atoms with Crippen LogP contribution in [0.3, 0.4) is 0 Å². The van der Waals surface area contributed by atoms with Crippen LogP contribution in [-0.4, -0.2) is 23.3 Å². The molecule has 1 fully saturated rings. The standard InChI is InChI=1S/C11H20O3/c1-2-3-4-5-9(12)8-10-6-7-11(13)14-10/h9-10,12H,2-8H2,1H3. The van der Waals surface area contributed by atoms with E-state index in [-0.39, 0.29) is 18.2 Å². The molecule has 1 aliphatic rings. The molecule has 1 heterocycles. The van der Waals surface area contributed by atoms with Crippen molar-refractivity contribution in [2.24, 2.45) is 0 Å². The molecule has 1 saturated heterocycles. The summed E-state index contributed by atoms with van der Waals surface area (Å²) in [6.07, 6.45) is 5.84. The Morgan fingerprint density at radius 2 is 2.36 bits per heavy atom. The quantitative estimate of drug-likeness (QED) is 0.527. The zero-order valence-corrected chi connectivity index (χ0v) is 8.87. The zero-order valence-electron chi connectivity index (χ0n) is 8.87. The summed E-state index contributed by atoms with van der Waals surface area (Å²) >= 11 is 0. The maximum Gasteiger partial charge on any atom is 0.306 e. The minimum absolute atomic E-state index is 0.0286. The summed E-state index contributed by atoms with van der Waals surface area (Å²) in [6.45, 7) is 2.14. The highest BCUT2D eigenvalue weighted by Gasteiger charge is 2.25. The number of carbonyl (C=O) groups is 1. The van der Waals surface area contributed by atoms with Crippen molar-refractivity contribution in [3.63, 3.8) is 0 Å². The summed E-state index contributed by atoms with van der Waals surface area (Å²) in [7, 11) is 0. The van der Waals surface area contributed by atoms with E-state index in [1.165, 1.54) is 12.8 Å². The molecular weight excluding hydrogens is 180 g/mol. The molecule has 0 radical (unpaired) electrons. The molecule has 1 aliphatic heterocycles. The second-order valence-electron chi connectivity index (χ2n) is 4.04. The van der Waals surface area contributed by atoms with Crippen LogP contribution >= 0.6 is 0 Å². The van der Waals surface area contributed by atoms with E-state index in [4.69, 9.17) is 4.74 Å². The van der Waals surface area contributed by atoms with Gasteiger partial charge >= 0.3 is 5.97 Å². The molecule has 0 amide bonds. The van der Waals surface area contributed by atoms with Gasteiger partial charge in [-0.25, -0.2) is 0 Å². The molecule has 0 aromatic heterocycles. The molecule has 3 nitrogen and oxygen atoms in total. The Morgan fingerprint density at radius 3 is 2.93 bits per heavy atom. The molecule has 0 bridgehead atoms. The summed E-state index contributed by atoms with van der Waals surface area (Å²) in [4.78, 5) is 10.8. The lowest BCUT2D eigenvalue weighted by atomic mass is 10.0. The highest BCUT2D eigenvalue weighted by Crippen LogP contribution is 2.20. The molecule has 0 aromatic carbocycles. The Labute approximate surface area is 85.5 Å². The van der Waals surface area contributed by atoms with Gasteiger partial charge in [0.15, 0.2) is 0 Å². The van der Waals surface area contributed by atoms with E-state index >= 15 is 0 Å². The van der Waals surface area contributed by atoms with Crippen molar-refractivity contribution in [2.45, 2.75) is 64.1 Å². The molecule has 1 rings (SSSR count).